The molecule has 1 heterocycles. The number of hydrogen-bond donors (Lipinski definition) is 0. The van der Waals surface area contributed by atoms with E-state index in [0.717, 1.165) is 12.8 Å². The summed E-state index contributed by atoms with van der Waals surface area (Å²) in [7, 11) is 0. The normalized spacial score (nSPS) is 14.8. The first-order valence-electron chi connectivity index (χ1n) is 8.27. The van der Waals surface area contributed by atoms with Crippen LogP contribution in [0, 0.1) is 0 Å². The summed E-state index contributed by atoms with van der Waals surface area (Å²) in [6, 6.07) is 0. The molecule has 26 heavy (non-hydrogen) atoms. The second kappa shape index (κ2) is 7.19. The quantitative estimate of drug-likeness (QED) is 0.619. The van der Waals surface area contributed by atoms with Gasteiger partial charge < -0.3 is 9.47 Å². The van der Waals surface area contributed by atoms with Crippen LogP contribution >= 0.6 is 23.2 Å². The van der Waals surface area contributed by atoms with Gasteiger partial charge in [0.15, 0.2) is 5.82 Å². The number of hydrogen-bond acceptors (Lipinski definition) is 6. The molecule has 0 bridgehead atoms. The zero-order valence-electron chi connectivity index (χ0n) is 15.7. The first-order valence-corrected chi connectivity index (χ1v) is 9.03. The molecule has 1 saturated carbocycles. The lowest BCUT2D eigenvalue weighted by Crippen LogP contribution is -2.44. The van der Waals surface area contributed by atoms with Crippen molar-refractivity contribution in [1.82, 2.24) is 9.97 Å². The molecule has 0 atom stereocenters. The fraction of sp³-hybridized carbons (Fsp3) is 0.647. The zero-order chi connectivity index (χ0) is 19.9. The Kier molecular flexibility index (Phi) is 5.73. The molecule has 1 aliphatic carbocycles. The van der Waals surface area contributed by atoms with Crippen molar-refractivity contribution in [1.29, 1.82) is 0 Å². The van der Waals surface area contributed by atoms with Gasteiger partial charge in [0.2, 0.25) is 5.28 Å². The van der Waals surface area contributed by atoms with Crippen molar-refractivity contribution in [3.8, 4) is 0 Å². The molecule has 2 amide bonds. The lowest BCUT2D eigenvalue weighted by atomic mass is 10.2. The second-order valence-corrected chi connectivity index (χ2v) is 8.80. The Morgan fingerprint density at radius 2 is 1.42 bits per heavy atom. The molecule has 1 aromatic heterocycles. The number of nitrogens with zero attached hydrogens (tertiary/aromatic N) is 3. The van der Waals surface area contributed by atoms with Crippen molar-refractivity contribution in [2.75, 3.05) is 4.90 Å². The number of aromatic nitrogens is 2. The number of amides is 2. The highest BCUT2D eigenvalue weighted by atomic mass is 35.5. The zero-order valence-corrected chi connectivity index (χ0v) is 17.2. The van der Waals surface area contributed by atoms with Gasteiger partial charge in [-0.05, 0) is 66.0 Å². The van der Waals surface area contributed by atoms with Crippen molar-refractivity contribution < 1.29 is 19.1 Å². The van der Waals surface area contributed by atoms with E-state index >= 15 is 0 Å². The van der Waals surface area contributed by atoms with Crippen molar-refractivity contribution in [2.45, 2.75) is 71.5 Å². The molecule has 1 fully saturated rings. The molecular weight excluding hydrogens is 381 g/mol. The number of carbonyl (C=O) groups excluding carboxylic acids is 2. The molecule has 7 nitrogen and oxygen atoms in total. The van der Waals surface area contributed by atoms with Crippen LogP contribution in [0.25, 0.3) is 0 Å². The van der Waals surface area contributed by atoms with Crippen LogP contribution < -0.4 is 4.90 Å². The molecule has 9 heteroatoms. The average molecular weight is 404 g/mol. The van der Waals surface area contributed by atoms with E-state index in [1.165, 1.54) is 0 Å². The predicted octanol–water partition coefficient (Wildman–Crippen LogP) is 5.34. The topological polar surface area (TPSA) is 81.6 Å². The van der Waals surface area contributed by atoms with Crippen LogP contribution in [0.4, 0.5) is 15.4 Å². The van der Waals surface area contributed by atoms with Gasteiger partial charge in [-0.1, -0.05) is 11.6 Å². The summed E-state index contributed by atoms with van der Waals surface area (Å²) in [5.74, 6) is -0.00191. The number of ether oxygens (including phenoxy) is 2. The number of carbonyl (C=O) groups is 2. The van der Waals surface area contributed by atoms with Gasteiger partial charge in [0.25, 0.3) is 0 Å². The third kappa shape index (κ3) is 5.45. The fourth-order valence-electron chi connectivity index (χ4n) is 2.06. The second-order valence-electron chi connectivity index (χ2n) is 8.09. The summed E-state index contributed by atoms with van der Waals surface area (Å²) < 4.78 is 10.6. The van der Waals surface area contributed by atoms with E-state index < -0.39 is 23.4 Å². The third-order valence-electron chi connectivity index (χ3n) is 3.16. The summed E-state index contributed by atoms with van der Waals surface area (Å²) >= 11 is 12.4. The standard InChI is InChI=1S/C17H23Cl2N3O4/c1-16(2,3)25-14(23)22(15(24)26-17(4,5)6)12-10(18)11(9-7-8-9)20-13(19)21-12/h9H,7-8H2,1-6H3. The van der Waals surface area contributed by atoms with E-state index in [4.69, 9.17) is 32.7 Å². The molecule has 0 aromatic carbocycles. The Hall–Kier alpha value is -1.60. The molecule has 144 valence electrons. The van der Waals surface area contributed by atoms with Crippen LogP contribution in [0.15, 0.2) is 0 Å². The minimum Gasteiger partial charge on any atom is -0.443 e. The number of rotatable bonds is 2. The summed E-state index contributed by atoms with van der Waals surface area (Å²) in [6.45, 7) is 10.1. The van der Waals surface area contributed by atoms with E-state index in [1.807, 2.05) is 0 Å². The molecule has 0 aliphatic heterocycles. The summed E-state index contributed by atoms with van der Waals surface area (Å²) in [5, 5.41) is -0.0166. The summed E-state index contributed by atoms with van der Waals surface area (Å²) in [4.78, 5) is 34.2. The minimum absolute atomic E-state index is 0.0913. The van der Waals surface area contributed by atoms with Gasteiger partial charge in [-0.15, -0.1) is 0 Å². The molecule has 0 unspecified atom stereocenters. The van der Waals surface area contributed by atoms with Gasteiger partial charge in [0, 0.05) is 5.92 Å². The Bertz CT molecular complexity index is 694. The monoisotopic (exact) mass is 403 g/mol. The van der Waals surface area contributed by atoms with E-state index in [0.29, 0.717) is 10.6 Å². The van der Waals surface area contributed by atoms with Crippen LogP contribution in [0.1, 0.15) is 66.0 Å². The van der Waals surface area contributed by atoms with Crippen LogP contribution in [-0.2, 0) is 9.47 Å². The first kappa shape index (κ1) is 20.7. The highest BCUT2D eigenvalue weighted by Gasteiger charge is 2.38. The molecule has 1 aromatic rings. The van der Waals surface area contributed by atoms with Gasteiger partial charge in [-0.2, -0.15) is 9.88 Å². The van der Waals surface area contributed by atoms with Gasteiger partial charge in [0.1, 0.15) is 16.2 Å². The highest BCUT2D eigenvalue weighted by Crippen LogP contribution is 2.45. The largest absolute Gasteiger partial charge is 0.443 e. The smallest absolute Gasteiger partial charge is 0.425 e. The number of anilines is 1. The highest BCUT2D eigenvalue weighted by molar-refractivity contribution is 6.35. The van der Waals surface area contributed by atoms with Gasteiger partial charge in [-0.3, -0.25) is 0 Å². The molecule has 0 spiro atoms. The molecule has 0 radical (unpaired) electrons. The molecular formula is C17H23Cl2N3O4. The lowest BCUT2D eigenvalue weighted by Gasteiger charge is -2.28. The van der Waals surface area contributed by atoms with E-state index in [1.54, 1.807) is 41.5 Å². The van der Waals surface area contributed by atoms with Crippen LogP contribution in [-0.4, -0.2) is 33.4 Å². The maximum atomic E-state index is 12.7. The molecule has 1 aliphatic rings. The van der Waals surface area contributed by atoms with Gasteiger partial charge in [0.05, 0.1) is 5.69 Å². The average Bonchev–Trinajstić information content (AvgIpc) is 3.22. The third-order valence-corrected chi connectivity index (χ3v) is 3.69. The SMILES string of the molecule is CC(C)(C)OC(=O)N(C(=O)OC(C)(C)C)c1nc(Cl)nc(C2CC2)c1Cl. The Morgan fingerprint density at radius 3 is 1.81 bits per heavy atom. The molecule has 0 N–H and O–H groups in total. The van der Waals surface area contributed by atoms with Crippen molar-refractivity contribution in [3.63, 3.8) is 0 Å². The summed E-state index contributed by atoms with van der Waals surface area (Å²) in [6.07, 6.45) is -0.0909. The maximum Gasteiger partial charge on any atom is 0.425 e. The van der Waals surface area contributed by atoms with Crippen LogP contribution in [0.3, 0.4) is 0 Å². The van der Waals surface area contributed by atoms with Gasteiger partial charge in [-0.25, -0.2) is 14.6 Å². The number of imide groups is 1. The van der Waals surface area contributed by atoms with Gasteiger partial charge >= 0.3 is 12.2 Å². The first-order chi connectivity index (χ1) is 11.8. The molecule has 2 rings (SSSR count). The van der Waals surface area contributed by atoms with Crippen molar-refractivity contribution in [3.05, 3.63) is 16.0 Å². The van der Waals surface area contributed by atoms with E-state index in [2.05, 4.69) is 9.97 Å². The summed E-state index contributed by atoms with van der Waals surface area (Å²) in [5.41, 5.74) is -1.15. The van der Waals surface area contributed by atoms with Crippen molar-refractivity contribution in [2.24, 2.45) is 0 Å². The van der Waals surface area contributed by atoms with E-state index in [9.17, 15) is 9.59 Å². The van der Waals surface area contributed by atoms with Crippen LogP contribution in [0.5, 0.6) is 0 Å². The Labute approximate surface area is 163 Å². The van der Waals surface area contributed by atoms with Crippen LogP contribution in [0.2, 0.25) is 10.3 Å². The fourth-order valence-corrected chi connectivity index (χ4v) is 2.56. The molecule has 0 saturated heterocycles. The van der Waals surface area contributed by atoms with E-state index in [-0.39, 0.29) is 22.0 Å². The lowest BCUT2D eigenvalue weighted by molar-refractivity contribution is 0.0429. The minimum atomic E-state index is -0.954. The predicted molar refractivity (Wildman–Crippen MR) is 99.0 cm³/mol. The number of halogens is 2. The van der Waals surface area contributed by atoms with Crippen molar-refractivity contribution >= 4 is 41.2 Å². The maximum absolute atomic E-state index is 12.7. The Balaban J connectivity index is 2.50. The Morgan fingerprint density at radius 1 is 0.962 bits per heavy atom.